The Morgan fingerprint density at radius 3 is 2.81 bits per heavy atom. The van der Waals surface area contributed by atoms with Gasteiger partial charge in [0.25, 0.3) is 0 Å². The molecule has 3 aromatic rings. The quantitative estimate of drug-likeness (QED) is 0.451. The van der Waals surface area contributed by atoms with E-state index in [-0.39, 0.29) is 6.10 Å². The lowest BCUT2D eigenvalue weighted by molar-refractivity contribution is 0.140. The molecule has 2 N–H and O–H groups in total. The molecule has 0 saturated carbocycles. The molecule has 162 valence electrons. The van der Waals surface area contributed by atoms with Gasteiger partial charge in [-0.2, -0.15) is 0 Å². The first-order valence-corrected chi connectivity index (χ1v) is 10.5. The number of rotatable bonds is 7. The highest BCUT2D eigenvalue weighted by Crippen LogP contribution is 2.23. The van der Waals surface area contributed by atoms with Crippen molar-refractivity contribution < 1.29 is 9.47 Å². The Labute approximate surface area is 182 Å². The van der Waals surface area contributed by atoms with Crippen molar-refractivity contribution in [3.63, 3.8) is 0 Å². The van der Waals surface area contributed by atoms with Crippen LogP contribution in [0, 0.1) is 6.92 Å². The average molecular weight is 421 g/mol. The Bertz CT molecular complexity index is 1010. The van der Waals surface area contributed by atoms with Crippen LogP contribution in [-0.2, 0) is 17.8 Å². The number of aryl methyl sites for hydroxylation is 1. The maximum atomic E-state index is 6.19. The van der Waals surface area contributed by atoms with E-state index in [0.29, 0.717) is 25.7 Å². The van der Waals surface area contributed by atoms with Crippen LogP contribution in [0.1, 0.15) is 23.4 Å². The largest absolute Gasteiger partial charge is 0.488 e. The summed E-state index contributed by atoms with van der Waals surface area (Å²) in [4.78, 5) is 4.33. The molecule has 1 atom stereocenters. The van der Waals surface area contributed by atoms with E-state index in [0.717, 1.165) is 35.9 Å². The molecule has 0 aliphatic carbocycles. The Morgan fingerprint density at radius 1 is 1.19 bits per heavy atom. The minimum atomic E-state index is 0.113. The van der Waals surface area contributed by atoms with Gasteiger partial charge in [-0.15, -0.1) is 10.2 Å². The summed E-state index contributed by atoms with van der Waals surface area (Å²) >= 11 is 0. The van der Waals surface area contributed by atoms with Crippen LogP contribution in [0.5, 0.6) is 5.75 Å². The molecule has 0 bridgehead atoms. The zero-order valence-corrected chi connectivity index (χ0v) is 17.9. The number of nitrogens with one attached hydrogen (secondary N) is 2. The normalized spacial score (nSPS) is 16.3. The molecular formula is C23H28N6O2. The number of hydrogen-bond acceptors (Lipinski definition) is 5. The van der Waals surface area contributed by atoms with Gasteiger partial charge in [0.05, 0.1) is 19.8 Å². The molecule has 1 aromatic heterocycles. The highest BCUT2D eigenvalue weighted by Gasteiger charge is 2.19. The molecule has 2 heterocycles. The van der Waals surface area contributed by atoms with Crippen LogP contribution in [0.25, 0.3) is 5.69 Å². The molecule has 8 heteroatoms. The summed E-state index contributed by atoms with van der Waals surface area (Å²) in [6.45, 7) is 4.55. The molecule has 1 aliphatic heterocycles. The van der Waals surface area contributed by atoms with Crippen LogP contribution in [0.15, 0.2) is 59.9 Å². The average Bonchev–Trinajstić information content (AvgIpc) is 3.48. The van der Waals surface area contributed by atoms with E-state index in [1.807, 2.05) is 34.9 Å². The molecule has 1 aliphatic rings. The lowest BCUT2D eigenvalue weighted by Crippen LogP contribution is -2.37. The zero-order chi connectivity index (χ0) is 21.5. The first-order valence-electron chi connectivity index (χ1n) is 10.5. The Hall–Kier alpha value is -3.39. The van der Waals surface area contributed by atoms with Crippen molar-refractivity contribution >= 4 is 5.96 Å². The van der Waals surface area contributed by atoms with E-state index in [2.05, 4.69) is 50.9 Å². The van der Waals surface area contributed by atoms with Gasteiger partial charge in [-0.1, -0.05) is 30.3 Å². The number of aromatic nitrogens is 3. The number of hydrogen-bond donors (Lipinski definition) is 2. The van der Waals surface area contributed by atoms with Crippen LogP contribution in [0.2, 0.25) is 0 Å². The zero-order valence-electron chi connectivity index (χ0n) is 17.9. The van der Waals surface area contributed by atoms with E-state index < -0.39 is 0 Å². The molecule has 1 unspecified atom stereocenters. The molecular weight excluding hydrogens is 392 g/mol. The highest BCUT2D eigenvalue weighted by molar-refractivity contribution is 5.79. The summed E-state index contributed by atoms with van der Waals surface area (Å²) in [6.07, 6.45) is 2.75. The van der Waals surface area contributed by atoms with Crippen molar-refractivity contribution in [2.45, 2.75) is 32.5 Å². The summed E-state index contributed by atoms with van der Waals surface area (Å²) in [5.41, 5.74) is 3.26. The second-order valence-electron chi connectivity index (χ2n) is 7.45. The van der Waals surface area contributed by atoms with Crippen molar-refractivity contribution in [1.29, 1.82) is 0 Å². The third kappa shape index (κ3) is 5.40. The monoisotopic (exact) mass is 420 g/mol. The van der Waals surface area contributed by atoms with E-state index in [4.69, 9.17) is 9.47 Å². The Morgan fingerprint density at radius 2 is 2.03 bits per heavy atom. The number of nitrogens with zero attached hydrogens (tertiary/aromatic N) is 4. The van der Waals surface area contributed by atoms with Crippen molar-refractivity contribution in [2.24, 2.45) is 4.99 Å². The first-order chi connectivity index (χ1) is 15.2. The Kier molecular flexibility index (Phi) is 6.78. The molecule has 1 fully saturated rings. The molecule has 2 aromatic carbocycles. The second-order valence-corrected chi connectivity index (χ2v) is 7.45. The van der Waals surface area contributed by atoms with Crippen molar-refractivity contribution in [1.82, 2.24) is 25.4 Å². The smallest absolute Gasteiger partial charge is 0.191 e. The van der Waals surface area contributed by atoms with Gasteiger partial charge in [-0.05, 0) is 30.7 Å². The fourth-order valence-corrected chi connectivity index (χ4v) is 3.45. The summed E-state index contributed by atoms with van der Waals surface area (Å²) in [6, 6.07) is 16.3. The van der Waals surface area contributed by atoms with E-state index in [9.17, 15) is 0 Å². The third-order valence-electron chi connectivity index (χ3n) is 5.14. The molecule has 8 nitrogen and oxygen atoms in total. The fraction of sp³-hybridized carbons (Fsp3) is 0.348. The van der Waals surface area contributed by atoms with E-state index in [1.54, 1.807) is 13.4 Å². The highest BCUT2D eigenvalue weighted by atomic mass is 16.5. The van der Waals surface area contributed by atoms with Gasteiger partial charge >= 0.3 is 0 Å². The molecule has 4 rings (SSSR count). The predicted octanol–water partition coefficient (Wildman–Crippen LogP) is 2.61. The van der Waals surface area contributed by atoms with Crippen LogP contribution < -0.4 is 15.4 Å². The molecule has 1 saturated heterocycles. The number of benzene rings is 2. The fourth-order valence-electron chi connectivity index (χ4n) is 3.45. The number of aliphatic imine (C=N–C) groups is 1. The SMILES string of the molecule is CN=C(NCc1ccc(C)cc1OC1CCOC1)NCc1nncn1-c1ccccc1. The minimum absolute atomic E-state index is 0.113. The van der Waals surface area contributed by atoms with Gasteiger partial charge in [-0.25, -0.2) is 0 Å². The standard InChI is InChI=1S/C23H28N6O2/c1-17-8-9-18(21(12-17)31-20-10-11-30-15-20)13-25-23(24-2)26-14-22-28-27-16-29(22)19-6-4-3-5-7-19/h3-9,12,16,20H,10-11,13-15H2,1-2H3,(H2,24,25,26). The van der Waals surface area contributed by atoms with Crippen molar-refractivity contribution in [3.05, 3.63) is 71.8 Å². The first kappa shape index (κ1) is 20.9. The van der Waals surface area contributed by atoms with Gasteiger partial charge in [0, 0.05) is 31.3 Å². The lowest BCUT2D eigenvalue weighted by Gasteiger charge is -2.18. The second kappa shape index (κ2) is 10.1. The van der Waals surface area contributed by atoms with Gasteiger partial charge in [-0.3, -0.25) is 9.56 Å². The minimum Gasteiger partial charge on any atom is -0.488 e. The topological polar surface area (TPSA) is 85.6 Å². The van der Waals surface area contributed by atoms with E-state index >= 15 is 0 Å². The summed E-state index contributed by atoms with van der Waals surface area (Å²) < 4.78 is 13.6. The predicted molar refractivity (Wildman–Crippen MR) is 119 cm³/mol. The maximum Gasteiger partial charge on any atom is 0.191 e. The van der Waals surface area contributed by atoms with Gasteiger partial charge < -0.3 is 20.1 Å². The van der Waals surface area contributed by atoms with Crippen LogP contribution in [0.3, 0.4) is 0 Å². The number of para-hydroxylation sites is 1. The van der Waals surface area contributed by atoms with Gasteiger partial charge in [0.2, 0.25) is 0 Å². The molecule has 31 heavy (non-hydrogen) atoms. The Balaban J connectivity index is 1.37. The third-order valence-corrected chi connectivity index (χ3v) is 5.14. The molecule has 0 amide bonds. The maximum absolute atomic E-state index is 6.19. The number of guanidine groups is 1. The van der Waals surface area contributed by atoms with Gasteiger partial charge in [0.15, 0.2) is 11.8 Å². The van der Waals surface area contributed by atoms with E-state index in [1.165, 1.54) is 5.56 Å². The van der Waals surface area contributed by atoms with Crippen molar-refractivity contribution in [3.8, 4) is 11.4 Å². The molecule has 0 spiro atoms. The van der Waals surface area contributed by atoms with Gasteiger partial charge in [0.1, 0.15) is 18.2 Å². The summed E-state index contributed by atoms with van der Waals surface area (Å²) in [5.74, 6) is 2.37. The summed E-state index contributed by atoms with van der Waals surface area (Å²) in [7, 11) is 1.75. The van der Waals surface area contributed by atoms with Crippen LogP contribution >= 0.6 is 0 Å². The number of ether oxygens (including phenoxy) is 2. The molecule has 0 radical (unpaired) electrons. The van der Waals surface area contributed by atoms with Crippen molar-refractivity contribution in [2.75, 3.05) is 20.3 Å². The summed E-state index contributed by atoms with van der Waals surface area (Å²) in [5, 5.41) is 15.0. The lowest BCUT2D eigenvalue weighted by atomic mass is 10.1. The van der Waals surface area contributed by atoms with Crippen LogP contribution in [-0.4, -0.2) is 47.1 Å². The van der Waals surface area contributed by atoms with Crippen LogP contribution in [0.4, 0.5) is 0 Å².